The molecule has 84 valence electrons. The third-order valence-electron chi connectivity index (χ3n) is 2.11. The summed E-state index contributed by atoms with van der Waals surface area (Å²) in [7, 11) is 0. The van der Waals surface area contributed by atoms with Gasteiger partial charge in [-0.25, -0.2) is 4.39 Å². The molecule has 0 saturated heterocycles. The molecule has 0 N–H and O–H groups in total. The summed E-state index contributed by atoms with van der Waals surface area (Å²) in [6.07, 6.45) is 1.38. The molecule has 1 aromatic heterocycles. The average Bonchev–Trinajstić information content (AvgIpc) is 2.75. The molecule has 0 unspecified atom stereocenters. The molecule has 5 heteroatoms. The number of alkyl halides is 1. The van der Waals surface area contributed by atoms with E-state index in [9.17, 15) is 4.39 Å². The average molecular weight is 241 g/mol. The van der Waals surface area contributed by atoms with Gasteiger partial charge in [-0.1, -0.05) is 17.3 Å². The third-order valence-corrected chi connectivity index (χ3v) is 2.37. The second-order valence-electron chi connectivity index (χ2n) is 3.28. The molecular formula is C11H10ClFN2O. The van der Waals surface area contributed by atoms with Crippen molar-refractivity contribution >= 4 is 11.6 Å². The van der Waals surface area contributed by atoms with Crippen LogP contribution >= 0.6 is 11.6 Å². The Labute approximate surface area is 97.2 Å². The van der Waals surface area contributed by atoms with Gasteiger partial charge in [-0.05, 0) is 18.6 Å². The van der Waals surface area contributed by atoms with Crippen LogP contribution in [0.2, 0.25) is 0 Å². The lowest BCUT2D eigenvalue weighted by molar-refractivity contribution is 0.378. The molecular weight excluding hydrogens is 231 g/mol. The van der Waals surface area contributed by atoms with Gasteiger partial charge in [0.15, 0.2) is 0 Å². The lowest BCUT2D eigenvalue weighted by Crippen LogP contribution is -1.88. The quantitative estimate of drug-likeness (QED) is 0.771. The zero-order chi connectivity index (χ0) is 11.4. The lowest BCUT2D eigenvalue weighted by atomic mass is 10.2. The number of rotatable bonds is 4. The minimum absolute atomic E-state index is 0.280. The number of aryl methyl sites for hydroxylation is 1. The van der Waals surface area contributed by atoms with Crippen LogP contribution < -0.4 is 0 Å². The van der Waals surface area contributed by atoms with Gasteiger partial charge in [-0.3, -0.25) is 0 Å². The molecule has 0 aliphatic heterocycles. The van der Waals surface area contributed by atoms with Crippen LogP contribution in [0.5, 0.6) is 0 Å². The van der Waals surface area contributed by atoms with E-state index in [1.807, 2.05) is 0 Å². The lowest BCUT2D eigenvalue weighted by Gasteiger charge is -1.94. The minimum atomic E-state index is -0.354. The van der Waals surface area contributed by atoms with Crippen molar-refractivity contribution in [3.05, 3.63) is 36.0 Å². The van der Waals surface area contributed by atoms with Gasteiger partial charge in [0, 0.05) is 12.3 Å². The summed E-state index contributed by atoms with van der Waals surface area (Å²) < 4.78 is 18.4. The van der Waals surface area contributed by atoms with Crippen molar-refractivity contribution in [3.63, 3.8) is 0 Å². The fourth-order valence-electron chi connectivity index (χ4n) is 1.33. The van der Waals surface area contributed by atoms with Crippen LogP contribution in [0.1, 0.15) is 12.3 Å². The van der Waals surface area contributed by atoms with Crippen molar-refractivity contribution in [1.82, 2.24) is 10.1 Å². The van der Waals surface area contributed by atoms with Crippen molar-refractivity contribution in [2.45, 2.75) is 12.8 Å². The van der Waals surface area contributed by atoms with E-state index < -0.39 is 0 Å². The zero-order valence-corrected chi connectivity index (χ0v) is 9.25. The Kier molecular flexibility index (Phi) is 3.51. The smallest absolute Gasteiger partial charge is 0.227 e. The monoisotopic (exact) mass is 240 g/mol. The van der Waals surface area contributed by atoms with Gasteiger partial charge in [0.05, 0.1) is 5.56 Å². The van der Waals surface area contributed by atoms with Crippen LogP contribution in [-0.2, 0) is 6.42 Å². The summed E-state index contributed by atoms with van der Waals surface area (Å²) in [5.41, 5.74) is 0.350. The van der Waals surface area contributed by atoms with Gasteiger partial charge in [0.1, 0.15) is 5.82 Å². The number of aromatic nitrogens is 2. The van der Waals surface area contributed by atoms with Crippen LogP contribution in [0.15, 0.2) is 28.8 Å². The van der Waals surface area contributed by atoms with Gasteiger partial charge in [0.2, 0.25) is 11.7 Å². The second kappa shape index (κ2) is 5.07. The molecule has 2 aromatic rings. The standard InChI is InChI=1S/C11H10ClFN2O/c12-7-3-6-10-14-11(15-16-10)8-4-1-2-5-9(8)13/h1-2,4-5H,3,6-7H2. The van der Waals surface area contributed by atoms with E-state index in [0.717, 1.165) is 6.42 Å². The van der Waals surface area contributed by atoms with Gasteiger partial charge in [-0.15, -0.1) is 11.6 Å². The topological polar surface area (TPSA) is 38.9 Å². The van der Waals surface area contributed by atoms with Gasteiger partial charge in [-0.2, -0.15) is 4.98 Å². The van der Waals surface area contributed by atoms with E-state index in [-0.39, 0.29) is 11.6 Å². The molecule has 0 atom stereocenters. The first-order valence-corrected chi connectivity index (χ1v) is 5.48. The van der Waals surface area contributed by atoms with E-state index in [4.69, 9.17) is 16.1 Å². The van der Waals surface area contributed by atoms with Crippen molar-refractivity contribution in [3.8, 4) is 11.4 Å². The van der Waals surface area contributed by atoms with Gasteiger partial charge >= 0.3 is 0 Å². The number of halogens is 2. The summed E-state index contributed by atoms with van der Waals surface area (Å²) in [6, 6.07) is 6.33. The number of nitrogens with zero attached hydrogens (tertiary/aromatic N) is 2. The Bertz CT molecular complexity index is 473. The molecule has 16 heavy (non-hydrogen) atoms. The Morgan fingerprint density at radius 2 is 2.12 bits per heavy atom. The molecule has 0 spiro atoms. The van der Waals surface area contributed by atoms with Crippen LogP contribution in [-0.4, -0.2) is 16.0 Å². The molecule has 3 nitrogen and oxygen atoms in total. The molecule has 0 saturated carbocycles. The number of hydrogen-bond donors (Lipinski definition) is 0. The highest BCUT2D eigenvalue weighted by atomic mass is 35.5. The normalized spacial score (nSPS) is 10.6. The number of benzene rings is 1. The first-order valence-electron chi connectivity index (χ1n) is 4.94. The maximum Gasteiger partial charge on any atom is 0.227 e. The molecule has 0 aliphatic rings. The van der Waals surface area contributed by atoms with Crippen LogP contribution in [0.4, 0.5) is 4.39 Å². The highest BCUT2D eigenvalue weighted by Crippen LogP contribution is 2.19. The van der Waals surface area contributed by atoms with Crippen LogP contribution in [0.3, 0.4) is 0 Å². The van der Waals surface area contributed by atoms with Crippen molar-refractivity contribution in [2.75, 3.05) is 5.88 Å². The Balaban J connectivity index is 2.22. The van der Waals surface area contributed by atoms with Crippen LogP contribution in [0, 0.1) is 5.82 Å². The van der Waals surface area contributed by atoms with Gasteiger partial charge in [0.25, 0.3) is 0 Å². The van der Waals surface area contributed by atoms with E-state index >= 15 is 0 Å². The first kappa shape index (κ1) is 11.1. The highest BCUT2D eigenvalue weighted by molar-refractivity contribution is 6.17. The Morgan fingerprint density at radius 3 is 2.88 bits per heavy atom. The number of hydrogen-bond acceptors (Lipinski definition) is 3. The summed E-state index contributed by atoms with van der Waals surface area (Å²) in [5.74, 6) is 0.950. The molecule has 1 aromatic carbocycles. The zero-order valence-electron chi connectivity index (χ0n) is 8.49. The second-order valence-corrected chi connectivity index (χ2v) is 3.66. The predicted molar refractivity (Wildman–Crippen MR) is 58.7 cm³/mol. The van der Waals surface area contributed by atoms with Crippen molar-refractivity contribution in [2.24, 2.45) is 0 Å². The molecule has 0 amide bonds. The van der Waals surface area contributed by atoms with Gasteiger partial charge < -0.3 is 4.52 Å². The molecule has 2 rings (SSSR count). The fraction of sp³-hybridized carbons (Fsp3) is 0.273. The molecule has 0 bridgehead atoms. The van der Waals surface area contributed by atoms with E-state index in [0.29, 0.717) is 23.8 Å². The summed E-state index contributed by atoms with van der Waals surface area (Å²) in [5, 5.41) is 3.73. The minimum Gasteiger partial charge on any atom is -0.339 e. The van der Waals surface area contributed by atoms with E-state index in [2.05, 4.69) is 10.1 Å². The van der Waals surface area contributed by atoms with E-state index in [1.165, 1.54) is 6.07 Å². The highest BCUT2D eigenvalue weighted by Gasteiger charge is 2.11. The maximum absolute atomic E-state index is 13.4. The predicted octanol–water partition coefficient (Wildman–Crippen LogP) is 3.05. The maximum atomic E-state index is 13.4. The molecule has 0 radical (unpaired) electrons. The Hall–Kier alpha value is -1.42. The first-order chi connectivity index (χ1) is 7.81. The third kappa shape index (κ3) is 2.39. The largest absolute Gasteiger partial charge is 0.339 e. The van der Waals surface area contributed by atoms with Crippen LogP contribution in [0.25, 0.3) is 11.4 Å². The summed E-state index contributed by atoms with van der Waals surface area (Å²) >= 11 is 5.55. The summed E-state index contributed by atoms with van der Waals surface area (Å²) in [6.45, 7) is 0. The Morgan fingerprint density at radius 1 is 1.31 bits per heavy atom. The van der Waals surface area contributed by atoms with Crippen molar-refractivity contribution in [1.29, 1.82) is 0 Å². The summed E-state index contributed by atoms with van der Waals surface area (Å²) in [4.78, 5) is 4.10. The molecule has 1 heterocycles. The van der Waals surface area contributed by atoms with E-state index in [1.54, 1.807) is 18.2 Å². The molecule has 0 fully saturated rings. The fourth-order valence-corrected chi connectivity index (χ4v) is 1.46. The SMILES string of the molecule is Fc1ccccc1-c1noc(CCCCl)n1. The molecule has 0 aliphatic carbocycles. The van der Waals surface area contributed by atoms with Crippen molar-refractivity contribution < 1.29 is 8.91 Å².